The Morgan fingerprint density at radius 2 is 2.29 bits per heavy atom. The lowest BCUT2D eigenvalue weighted by Gasteiger charge is -2.31. The molecule has 0 aromatic heterocycles. The van der Waals surface area contributed by atoms with Crippen molar-refractivity contribution in [3.8, 4) is 0 Å². The number of nitrogens with zero attached hydrogens (tertiary/aromatic N) is 2. The molecule has 0 radical (unpaired) electrons. The van der Waals surface area contributed by atoms with Crippen molar-refractivity contribution in [1.29, 1.82) is 0 Å². The third-order valence-corrected chi connectivity index (χ3v) is 3.70. The van der Waals surface area contributed by atoms with Crippen LogP contribution in [-0.4, -0.2) is 34.0 Å². The topological polar surface area (TPSA) is 83.7 Å². The molecule has 1 aromatic rings. The Balaban J connectivity index is 2.08. The normalized spacial score (nSPS) is 19.4. The molecule has 0 spiro atoms. The third kappa shape index (κ3) is 4.22. The second-order valence-electron chi connectivity index (χ2n) is 5.37. The lowest BCUT2D eigenvalue weighted by molar-refractivity contribution is -0.385. The molecule has 1 unspecified atom stereocenters. The van der Waals surface area contributed by atoms with Crippen molar-refractivity contribution >= 4 is 11.7 Å². The zero-order valence-electron chi connectivity index (χ0n) is 11.5. The van der Waals surface area contributed by atoms with E-state index in [4.69, 9.17) is 5.11 Å². The maximum Gasteiger partial charge on any atom is 0.303 e. The maximum atomic E-state index is 13.3. The van der Waals surface area contributed by atoms with Crippen LogP contribution < -0.4 is 0 Å². The number of nitro benzene ring substituents is 1. The molecule has 21 heavy (non-hydrogen) atoms. The molecule has 1 aromatic carbocycles. The summed E-state index contributed by atoms with van der Waals surface area (Å²) in [6.07, 6.45) is 1.79. The van der Waals surface area contributed by atoms with Crippen LogP contribution in [0.5, 0.6) is 0 Å². The van der Waals surface area contributed by atoms with Gasteiger partial charge in [0.1, 0.15) is 5.82 Å². The lowest BCUT2D eigenvalue weighted by atomic mass is 9.94. The van der Waals surface area contributed by atoms with Gasteiger partial charge in [-0.25, -0.2) is 4.39 Å². The molecular weight excluding hydrogens is 279 g/mol. The zero-order valence-corrected chi connectivity index (χ0v) is 11.5. The molecule has 0 saturated carbocycles. The maximum absolute atomic E-state index is 13.3. The number of carboxylic acid groups (broad SMARTS) is 1. The van der Waals surface area contributed by atoms with Crippen molar-refractivity contribution in [2.45, 2.75) is 25.8 Å². The van der Waals surface area contributed by atoms with Gasteiger partial charge in [-0.15, -0.1) is 0 Å². The van der Waals surface area contributed by atoms with Crippen LogP contribution in [0.4, 0.5) is 10.1 Å². The first-order valence-corrected chi connectivity index (χ1v) is 6.82. The first-order valence-electron chi connectivity index (χ1n) is 6.82. The molecule has 1 N–H and O–H groups in total. The minimum absolute atomic E-state index is 0.0452. The van der Waals surface area contributed by atoms with Crippen molar-refractivity contribution in [1.82, 2.24) is 4.90 Å². The molecule has 7 heteroatoms. The molecule has 1 fully saturated rings. The summed E-state index contributed by atoms with van der Waals surface area (Å²) in [5, 5.41) is 19.8. The number of benzene rings is 1. The fourth-order valence-corrected chi connectivity index (χ4v) is 2.81. The standard InChI is InChI=1S/C14H17FN2O4/c15-12-3-4-13(17(20)21)11(7-12)9-16-5-1-2-10(8-16)6-14(18)19/h3-4,7,10H,1-2,5-6,8-9H2,(H,18,19). The average molecular weight is 296 g/mol. The second kappa shape index (κ2) is 6.62. The Morgan fingerprint density at radius 3 is 2.95 bits per heavy atom. The predicted molar refractivity (Wildman–Crippen MR) is 73.3 cm³/mol. The van der Waals surface area contributed by atoms with Gasteiger partial charge in [0.25, 0.3) is 5.69 Å². The molecule has 0 amide bonds. The van der Waals surface area contributed by atoms with Crippen LogP contribution in [0.1, 0.15) is 24.8 Å². The van der Waals surface area contributed by atoms with Gasteiger partial charge in [0.2, 0.25) is 0 Å². The molecule has 1 atom stereocenters. The van der Waals surface area contributed by atoms with E-state index in [1.54, 1.807) is 0 Å². The van der Waals surface area contributed by atoms with Crippen LogP contribution >= 0.6 is 0 Å². The molecule has 0 bridgehead atoms. The Morgan fingerprint density at radius 1 is 1.52 bits per heavy atom. The zero-order chi connectivity index (χ0) is 15.4. The quantitative estimate of drug-likeness (QED) is 0.666. The van der Waals surface area contributed by atoms with E-state index in [1.165, 1.54) is 12.1 Å². The van der Waals surface area contributed by atoms with Gasteiger partial charge in [0.15, 0.2) is 0 Å². The number of hydrogen-bond donors (Lipinski definition) is 1. The Bertz CT molecular complexity index is 550. The van der Waals surface area contributed by atoms with Gasteiger partial charge < -0.3 is 5.11 Å². The lowest BCUT2D eigenvalue weighted by Crippen LogP contribution is -2.35. The highest BCUT2D eigenvalue weighted by Gasteiger charge is 2.24. The van der Waals surface area contributed by atoms with Crippen LogP contribution in [0, 0.1) is 21.8 Å². The van der Waals surface area contributed by atoms with Crippen LogP contribution in [0.15, 0.2) is 18.2 Å². The van der Waals surface area contributed by atoms with E-state index in [9.17, 15) is 19.3 Å². The minimum atomic E-state index is -0.835. The van der Waals surface area contributed by atoms with Gasteiger partial charge in [0, 0.05) is 31.1 Å². The molecule has 0 aliphatic carbocycles. The molecule has 114 valence electrons. The Hall–Kier alpha value is -2.02. The van der Waals surface area contributed by atoms with E-state index >= 15 is 0 Å². The van der Waals surface area contributed by atoms with Gasteiger partial charge in [-0.2, -0.15) is 0 Å². The summed E-state index contributed by atoms with van der Waals surface area (Å²) >= 11 is 0. The highest BCUT2D eigenvalue weighted by atomic mass is 19.1. The number of piperidine rings is 1. The van der Waals surface area contributed by atoms with E-state index in [2.05, 4.69) is 0 Å². The number of rotatable bonds is 5. The molecule has 2 rings (SSSR count). The molecule has 1 saturated heterocycles. The van der Waals surface area contributed by atoms with Crippen LogP contribution in [-0.2, 0) is 11.3 Å². The molecule has 6 nitrogen and oxygen atoms in total. The van der Waals surface area contributed by atoms with Gasteiger partial charge in [-0.05, 0) is 37.4 Å². The summed E-state index contributed by atoms with van der Waals surface area (Å²) in [6, 6.07) is 3.42. The largest absolute Gasteiger partial charge is 0.481 e. The van der Waals surface area contributed by atoms with E-state index < -0.39 is 16.7 Å². The number of carboxylic acids is 1. The summed E-state index contributed by atoms with van der Waals surface area (Å²) < 4.78 is 13.3. The number of carbonyl (C=O) groups is 1. The van der Waals surface area contributed by atoms with Crippen molar-refractivity contribution in [2.24, 2.45) is 5.92 Å². The van der Waals surface area contributed by atoms with Gasteiger partial charge in [0.05, 0.1) is 4.92 Å². The predicted octanol–water partition coefficient (Wildman–Crippen LogP) is 2.42. The highest BCUT2D eigenvalue weighted by molar-refractivity contribution is 5.67. The second-order valence-corrected chi connectivity index (χ2v) is 5.37. The molecule has 1 heterocycles. The fourth-order valence-electron chi connectivity index (χ4n) is 2.81. The molecule has 1 aliphatic rings. The van der Waals surface area contributed by atoms with Crippen LogP contribution in [0.25, 0.3) is 0 Å². The van der Waals surface area contributed by atoms with Crippen molar-refractivity contribution < 1.29 is 19.2 Å². The van der Waals surface area contributed by atoms with E-state index in [1.807, 2.05) is 4.90 Å². The minimum Gasteiger partial charge on any atom is -0.481 e. The number of hydrogen-bond acceptors (Lipinski definition) is 4. The summed E-state index contributed by atoms with van der Waals surface area (Å²) in [6.45, 7) is 1.58. The highest BCUT2D eigenvalue weighted by Crippen LogP contribution is 2.25. The number of nitro groups is 1. The number of likely N-dealkylation sites (tertiary alicyclic amines) is 1. The molecular formula is C14H17FN2O4. The Labute approximate surface area is 121 Å². The number of aliphatic carboxylic acids is 1. The average Bonchev–Trinajstić information content (AvgIpc) is 2.38. The molecule has 1 aliphatic heterocycles. The van der Waals surface area contributed by atoms with Crippen LogP contribution in [0.2, 0.25) is 0 Å². The van der Waals surface area contributed by atoms with E-state index in [0.29, 0.717) is 12.1 Å². The smallest absolute Gasteiger partial charge is 0.303 e. The Kier molecular flexibility index (Phi) is 4.85. The van der Waals surface area contributed by atoms with Crippen molar-refractivity contribution in [3.05, 3.63) is 39.7 Å². The summed E-state index contributed by atoms with van der Waals surface area (Å²) in [7, 11) is 0. The van der Waals surface area contributed by atoms with Crippen molar-refractivity contribution in [2.75, 3.05) is 13.1 Å². The van der Waals surface area contributed by atoms with E-state index in [-0.39, 0.29) is 24.6 Å². The third-order valence-electron chi connectivity index (χ3n) is 3.70. The summed E-state index contributed by atoms with van der Waals surface area (Å²) in [5.41, 5.74) is 0.229. The first-order chi connectivity index (χ1) is 9.95. The van der Waals surface area contributed by atoms with Gasteiger partial charge in [-0.1, -0.05) is 0 Å². The number of halogens is 1. The monoisotopic (exact) mass is 296 g/mol. The van der Waals surface area contributed by atoms with Gasteiger partial charge >= 0.3 is 5.97 Å². The first kappa shape index (κ1) is 15.4. The fraction of sp³-hybridized carbons (Fsp3) is 0.500. The summed E-state index contributed by atoms with van der Waals surface area (Å²) in [5.74, 6) is -1.29. The van der Waals surface area contributed by atoms with E-state index in [0.717, 1.165) is 25.5 Å². The van der Waals surface area contributed by atoms with Crippen molar-refractivity contribution in [3.63, 3.8) is 0 Å². The summed E-state index contributed by atoms with van der Waals surface area (Å²) in [4.78, 5) is 23.2. The van der Waals surface area contributed by atoms with Gasteiger partial charge in [-0.3, -0.25) is 19.8 Å². The van der Waals surface area contributed by atoms with Crippen LogP contribution in [0.3, 0.4) is 0 Å². The SMILES string of the molecule is O=C(O)CC1CCCN(Cc2cc(F)ccc2[N+](=O)[O-])C1.